The predicted molar refractivity (Wildman–Crippen MR) is 91.9 cm³/mol. The highest BCUT2D eigenvalue weighted by atomic mass is 19.4. The number of phenolic OH excluding ortho intramolecular Hbond substituents is 1. The average molecular weight is 397 g/mol. The quantitative estimate of drug-likeness (QED) is 0.628. The van der Waals surface area contributed by atoms with Crippen LogP contribution in [-0.4, -0.2) is 27.1 Å². The summed E-state index contributed by atoms with van der Waals surface area (Å²) in [5.41, 5.74) is 1.96. The monoisotopic (exact) mass is 397 g/mol. The minimum absolute atomic E-state index is 0.165. The number of rotatable bonds is 5. The average Bonchev–Trinajstić information content (AvgIpc) is 2.81. The fourth-order valence-corrected chi connectivity index (χ4v) is 3.11. The Morgan fingerprint density at radius 1 is 1.18 bits per heavy atom. The van der Waals surface area contributed by atoms with Crippen molar-refractivity contribution in [3.8, 4) is 11.5 Å². The molecule has 0 amide bonds. The lowest BCUT2D eigenvalue weighted by atomic mass is 10.1. The zero-order valence-corrected chi connectivity index (χ0v) is 14.5. The molecule has 3 aromatic rings. The van der Waals surface area contributed by atoms with Crippen LogP contribution >= 0.6 is 0 Å². The van der Waals surface area contributed by atoms with Gasteiger partial charge >= 0.3 is 12.3 Å². The second kappa shape index (κ2) is 7.06. The molecule has 0 unspecified atom stereocenters. The van der Waals surface area contributed by atoms with Crippen molar-refractivity contribution in [1.82, 2.24) is 4.57 Å². The zero-order chi connectivity index (χ0) is 20.6. The molecule has 0 saturated carbocycles. The van der Waals surface area contributed by atoms with Crippen molar-refractivity contribution < 1.29 is 37.3 Å². The van der Waals surface area contributed by atoms with E-state index in [1.807, 2.05) is 0 Å². The molecule has 2 aromatic carbocycles. The summed E-state index contributed by atoms with van der Waals surface area (Å²) >= 11 is 0. The molecule has 0 aliphatic carbocycles. The van der Waals surface area contributed by atoms with Gasteiger partial charge < -0.3 is 19.5 Å². The number of ether oxygens (including phenoxy) is 1. The molecule has 28 heavy (non-hydrogen) atoms. The maximum Gasteiger partial charge on any atom is 0.573 e. The standard InChI is InChI=1S/C19H15F4NO4/c1-10-13(7-18(26)27)14-6-17(25)15(20)8-16(14)24(10)9-11-2-4-12(5-3-11)28-19(21,22)23/h2-6,8,25H,7,9H2,1H3,(H,26,27). The van der Waals surface area contributed by atoms with Gasteiger partial charge in [0, 0.05) is 23.7 Å². The number of aromatic hydroxyl groups is 1. The van der Waals surface area contributed by atoms with Crippen LogP contribution in [0, 0.1) is 12.7 Å². The Bertz CT molecular complexity index is 1040. The number of nitrogens with zero attached hydrogens (tertiary/aromatic N) is 1. The summed E-state index contributed by atoms with van der Waals surface area (Å²) in [5, 5.41) is 19.2. The first-order valence-corrected chi connectivity index (χ1v) is 8.12. The molecule has 1 heterocycles. The third-order valence-corrected chi connectivity index (χ3v) is 4.35. The van der Waals surface area contributed by atoms with Gasteiger partial charge in [0.05, 0.1) is 11.9 Å². The third kappa shape index (κ3) is 4.03. The molecule has 2 N–H and O–H groups in total. The van der Waals surface area contributed by atoms with Crippen LogP contribution in [0.1, 0.15) is 16.8 Å². The summed E-state index contributed by atoms with van der Waals surface area (Å²) < 4.78 is 56.1. The normalized spacial score (nSPS) is 11.8. The van der Waals surface area contributed by atoms with E-state index in [1.54, 1.807) is 11.5 Å². The van der Waals surface area contributed by atoms with Gasteiger partial charge in [-0.05, 0) is 36.2 Å². The Hall–Kier alpha value is -3.23. The minimum atomic E-state index is -4.79. The van der Waals surface area contributed by atoms with Crippen LogP contribution in [0.3, 0.4) is 0 Å². The molecule has 1 aromatic heterocycles. The van der Waals surface area contributed by atoms with Crippen molar-refractivity contribution in [3.05, 3.63) is 59.0 Å². The van der Waals surface area contributed by atoms with Crippen LogP contribution in [0.2, 0.25) is 0 Å². The van der Waals surface area contributed by atoms with E-state index in [-0.39, 0.29) is 18.7 Å². The van der Waals surface area contributed by atoms with Crippen LogP contribution in [-0.2, 0) is 17.8 Å². The first-order valence-electron chi connectivity index (χ1n) is 8.12. The van der Waals surface area contributed by atoms with Crippen LogP contribution < -0.4 is 4.74 Å². The number of halogens is 4. The van der Waals surface area contributed by atoms with Crippen LogP contribution in [0.25, 0.3) is 10.9 Å². The van der Waals surface area contributed by atoms with Gasteiger partial charge in [0.25, 0.3) is 0 Å². The third-order valence-electron chi connectivity index (χ3n) is 4.35. The minimum Gasteiger partial charge on any atom is -0.505 e. The first kappa shape index (κ1) is 19.5. The molecular weight excluding hydrogens is 382 g/mol. The molecule has 3 rings (SSSR count). The summed E-state index contributed by atoms with van der Waals surface area (Å²) in [6, 6.07) is 7.46. The lowest BCUT2D eigenvalue weighted by Crippen LogP contribution is -2.17. The van der Waals surface area contributed by atoms with Crippen molar-refractivity contribution in [1.29, 1.82) is 0 Å². The SMILES string of the molecule is Cc1c(CC(=O)O)c2cc(O)c(F)cc2n1Cc1ccc(OC(F)(F)F)cc1. The topological polar surface area (TPSA) is 71.7 Å². The van der Waals surface area contributed by atoms with E-state index in [0.717, 1.165) is 18.2 Å². The molecule has 0 spiro atoms. The number of aliphatic carboxylic acids is 1. The molecular formula is C19H15F4NO4. The number of alkyl halides is 3. The zero-order valence-electron chi connectivity index (χ0n) is 14.5. The molecule has 0 aliphatic heterocycles. The number of benzene rings is 2. The molecule has 0 aliphatic rings. The molecule has 0 fully saturated rings. The van der Waals surface area contributed by atoms with Crippen molar-refractivity contribution in [2.24, 2.45) is 0 Å². The van der Waals surface area contributed by atoms with Crippen molar-refractivity contribution in [2.75, 3.05) is 0 Å². The largest absolute Gasteiger partial charge is 0.573 e. The number of hydrogen-bond donors (Lipinski definition) is 2. The second-order valence-electron chi connectivity index (χ2n) is 6.23. The van der Waals surface area contributed by atoms with Crippen molar-refractivity contribution in [3.63, 3.8) is 0 Å². The predicted octanol–water partition coefficient (Wildman–Crippen LogP) is 4.37. The van der Waals surface area contributed by atoms with Crippen molar-refractivity contribution >= 4 is 16.9 Å². The molecule has 5 nitrogen and oxygen atoms in total. The van der Waals surface area contributed by atoms with E-state index in [1.165, 1.54) is 18.2 Å². The van der Waals surface area contributed by atoms with Gasteiger partial charge in [-0.2, -0.15) is 0 Å². The Labute approximate surface area is 156 Å². The van der Waals surface area contributed by atoms with E-state index < -0.39 is 23.9 Å². The summed E-state index contributed by atoms with van der Waals surface area (Å²) in [4.78, 5) is 11.2. The van der Waals surface area contributed by atoms with E-state index >= 15 is 0 Å². The molecule has 9 heteroatoms. The van der Waals surface area contributed by atoms with Gasteiger partial charge in [0.2, 0.25) is 0 Å². The number of carboxylic acid groups (broad SMARTS) is 1. The van der Waals surface area contributed by atoms with Crippen LogP contribution in [0.15, 0.2) is 36.4 Å². The number of hydrogen-bond acceptors (Lipinski definition) is 3. The van der Waals surface area contributed by atoms with E-state index in [2.05, 4.69) is 4.74 Å². The Balaban J connectivity index is 2.02. The van der Waals surface area contributed by atoms with Gasteiger partial charge in [-0.1, -0.05) is 12.1 Å². The number of aromatic nitrogens is 1. The number of carbonyl (C=O) groups is 1. The van der Waals surface area contributed by atoms with E-state index in [0.29, 0.717) is 27.7 Å². The first-order chi connectivity index (χ1) is 13.0. The Kier molecular flexibility index (Phi) is 4.93. The highest BCUT2D eigenvalue weighted by Crippen LogP contribution is 2.32. The van der Waals surface area contributed by atoms with Gasteiger partial charge in [0.1, 0.15) is 5.75 Å². The number of fused-ring (bicyclic) bond motifs is 1. The lowest BCUT2D eigenvalue weighted by molar-refractivity contribution is -0.274. The molecule has 0 bridgehead atoms. The van der Waals surface area contributed by atoms with Crippen LogP contribution in [0.4, 0.5) is 17.6 Å². The smallest absolute Gasteiger partial charge is 0.505 e. The molecule has 0 saturated heterocycles. The fourth-order valence-electron chi connectivity index (χ4n) is 3.11. The maximum absolute atomic E-state index is 13.9. The Morgan fingerprint density at radius 3 is 2.39 bits per heavy atom. The van der Waals surface area contributed by atoms with E-state index in [9.17, 15) is 27.5 Å². The van der Waals surface area contributed by atoms with Gasteiger partial charge in [0.15, 0.2) is 11.6 Å². The van der Waals surface area contributed by atoms with Crippen molar-refractivity contribution in [2.45, 2.75) is 26.3 Å². The van der Waals surface area contributed by atoms with Gasteiger partial charge in [-0.3, -0.25) is 4.79 Å². The molecule has 148 valence electrons. The second-order valence-corrected chi connectivity index (χ2v) is 6.23. The lowest BCUT2D eigenvalue weighted by Gasteiger charge is -2.11. The highest BCUT2D eigenvalue weighted by Gasteiger charge is 2.31. The van der Waals surface area contributed by atoms with E-state index in [4.69, 9.17) is 5.11 Å². The molecule has 0 atom stereocenters. The summed E-state index contributed by atoms with van der Waals surface area (Å²) in [6.45, 7) is 1.83. The summed E-state index contributed by atoms with van der Waals surface area (Å²) in [7, 11) is 0. The number of carboxylic acids is 1. The van der Waals surface area contributed by atoms with Gasteiger partial charge in [-0.25, -0.2) is 4.39 Å². The number of phenols is 1. The van der Waals surface area contributed by atoms with Crippen LogP contribution in [0.5, 0.6) is 11.5 Å². The molecule has 0 radical (unpaired) electrons. The summed E-state index contributed by atoms with van der Waals surface area (Å²) in [6.07, 6.45) is -5.11. The Morgan fingerprint density at radius 2 is 1.82 bits per heavy atom. The summed E-state index contributed by atoms with van der Waals surface area (Å²) in [5.74, 6) is -2.90. The van der Waals surface area contributed by atoms with Gasteiger partial charge in [-0.15, -0.1) is 13.2 Å². The fraction of sp³-hybridized carbons (Fsp3) is 0.211. The maximum atomic E-state index is 13.9. The highest BCUT2D eigenvalue weighted by molar-refractivity contribution is 5.90.